The predicted molar refractivity (Wildman–Crippen MR) is 152 cm³/mol. The molecule has 8 heteroatoms. The van der Waals surface area contributed by atoms with E-state index >= 15 is 0 Å². The Balaban J connectivity index is 1.36. The molecule has 7 nitrogen and oxygen atoms in total. The Labute approximate surface area is 218 Å². The van der Waals surface area contributed by atoms with E-state index in [2.05, 4.69) is 105 Å². The minimum atomic E-state index is 0.157. The lowest BCUT2D eigenvalue weighted by molar-refractivity contribution is 0.411. The molecule has 0 saturated heterocycles. The minimum absolute atomic E-state index is 0.157. The first kappa shape index (κ1) is 23.1. The van der Waals surface area contributed by atoms with Crippen molar-refractivity contribution >= 4 is 39.1 Å². The van der Waals surface area contributed by atoms with Crippen molar-refractivity contribution in [3.63, 3.8) is 0 Å². The average Bonchev–Trinajstić information content (AvgIpc) is 3.61. The van der Waals surface area contributed by atoms with Gasteiger partial charge in [-0.2, -0.15) is 5.10 Å². The Morgan fingerprint density at radius 2 is 1.89 bits per heavy atom. The van der Waals surface area contributed by atoms with Gasteiger partial charge in [-0.3, -0.25) is 10.1 Å². The van der Waals surface area contributed by atoms with Crippen molar-refractivity contribution in [3.05, 3.63) is 78.8 Å². The summed E-state index contributed by atoms with van der Waals surface area (Å²) in [6.07, 6.45) is 8.21. The number of hydrogen-bond donors (Lipinski definition) is 3. The zero-order chi connectivity index (χ0) is 25.6. The second kappa shape index (κ2) is 8.97. The van der Waals surface area contributed by atoms with Gasteiger partial charge in [0.15, 0.2) is 5.65 Å². The molecule has 37 heavy (non-hydrogen) atoms. The van der Waals surface area contributed by atoms with Crippen molar-refractivity contribution in [3.8, 4) is 33.0 Å². The predicted octanol–water partition coefficient (Wildman–Crippen LogP) is 7.65. The molecule has 0 atom stereocenters. The van der Waals surface area contributed by atoms with E-state index in [9.17, 15) is 0 Å². The Bertz CT molecular complexity index is 1740. The molecule has 0 radical (unpaired) electrons. The van der Waals surface area contributed by atoms with Crippen molar-refractivity contribution in [1.29, 1.82) is 0 Å². The van der Waals surface area contributed by atoms with Crippen LogP contribution in [-0.4, -0.2) is 30.1 Å². The van der Waals surface area contributed by atoms with Gasteiger partial charge in [0, 0.05) is 56.6 Å². The second-order valence-corrected chi connectivity index (χ2v) is 11.4. The first-order valence-electron chi connectivity index (χ1n) is 12.1. The molecule has 0 unspecified atom stereocenters. The fraction of sp³-hybridized carbons (Fsp3) is 0.172. The smallest absolute Gasteiger partial charge is 0.181 e. The minimum Gasteiger partial charge on any atom is -0.358 e. The molecule has 0 amide bonds. The van der Waals surface area contributed by atoms with Gasteiger partial charge < -0.3 is 10.3 Å². The number of thiophene rings is 1. The summed E-state index contributed by atoms with van der Waals surface area (Å²) < 4.78 is 0. The molecule has 6 aromatic heterocycles. The van der Waals surface area contributed by atoms with Crippen LogP contribution in [0.1, 0.15) is 27.2 Å². The third kappa shape index (κ3) is 4.63. The third-order valence-electron chi connectivity index (χ3n) is 6.13. The van der Waals surface area contributed by atoms with Gasteiger partial charge in [0.1, 0.15) is 5.65 Å². The summed E-state index contributed by atoms with van der Waals surface area (Å²) in [5, 5.41) is 15.1. The highest BCUT2D eigenvalue weighted by Crippen LogP contribution is 2.35. The summed E-state index contributed by atoms with van der Waals surface area (Å²) in [5.41, 5.74) is 8.40. The Morgan fingerprint density at radius 3 is 2.70 bits per heavy atom. The molecule has 3 N–H and O–H groups in total. The van der Waals surface area contributed by atoms with Gasteiger partial charge >= 0.3 is 0 Å². The SMILES string of the molecule is C=C(CC(C)(C)C)Nc1cncc(-c2cnc3n[nH]c(-c4cc5c(-c6cccs6)ccnc5[nH]4)c3c2)c1. The average molecular weight is 506 g/mol. The van der Waals surface area contributed by atoms with Crippen LogP contribution in [0.4, 0.5) is 5.69 Å². The summed E-state index contributed by atoms with van der Waals surface area (Å²) in [4.78, 5) is 18.3. The molecule has 6 rings (SSSR count). The van der Waals surface area contributed by atoms with E-state index < -0.39 is 0 Å². The Hall–Kier alpha value is -4.30. The van der Waals surface area contributed by atoms with Gasteiger partial charge in [0.2, 0.25) is 0 Å². The summed E-state index contributed by atoms with van der Waals surface area (Å²) >= 11 is 1.72. The molecule has 0 fully saturated rings. The van der Waals surface area contributed by atoms with E-state index in [1.807, 2.05) is 24.8 Å². The van der Waals surface area contributed by atoms with E-state index in [0.29, 0.717) is 5.65 Å². The standard InChI is InChI=1S/C29H27N7S/c1-17(13-29(2,3)4)33-20-10-18(14-30-16-20)19-11-23-26(35-36-28(23)32-15-19)24-12-22-21(25-6-5-9-37-25)7-8-31-27(22)34-24/h5-12,14-16,33H,1,13H2,2-4H3,(H,31,34)(H,32,35,36). The number of nitrogens with zero attached hydrogens (tertiary/aromatic N) is 4. The maximum Gasteiger partial charge on any atom is 0.181 e. The topological polar surface area (TPSA) is 95.2 Å². The van der Waals surface area contributed by atoms with Gasteiger partial charge in [-0.05, 0) is 47.5 Å². The van der Waals surface area contributed by atoms with Gasteiger partial charge in [-0.1, -0.05) is 33.4 Å². The quantitative estimate of drug-likeness (QED) is 0.216. The highest BCUT2D eigenvalue weighted by atomic mass is 32.1. The number of rotatable bonds is 6. The zero-order valence-electron chi connectivity index (χ0n) is 21.0. The van der Waals surface area contributed by atoms with E-state index in [1.165, 1.54) is 4.88 Å². The van der Waals surface area contributed by atoms with Crippen molar-refractivity contribution in [2.24, 2.45) is 5.41 Å². The van der Waals surface area contributed by atoms with Crippen LogP contribution in [0.5, 0.6) is 0 Å². The van der Waals surface area contributed by atoms with Crippen molar-refractivity contribution < 1.29 is 0 Å². The molecule has 0 bridgehead atoms. The molecule has 184 valence electrons. The maximum absolute atomic E-state index is 4.62. The number of allylic oxidation sites excluding steroid dienone is 1. The molecular formula is C29H27N7S. The van der Waals surface area contributed by atoms with Crippen LogP contribution in [-0.2, 0) is 0 Å². The van der Waals surface area contributed by atoms with Gasteiger partial charge in [0.25, 0.3) is 0 Å². The van der Waals surface area contributed by atoms with Gasteiger partial charge in [-0.25, -0.2) is 9.97 Å². The fourth-order valence-corrected chi connectivity index (χ4v) is 5.39. The second-order valence-electron chi connectivity index (χ2n) is 10.4. The number of fused-ring (bicyclic) bond motifs is 2. The molecular weight excluding hydrogens is 478 g/mol. The van der Waals surface area contributed by atoms with E-state index in [4.69, 9.17) is 0 Å². The number of nitrogens with one attached hydrogen (secondary N) is 3. The number of aromatic amines is 2. The van der Waals surface area contributed by atoms with Crippen LogP contribution >= 0.6 is 11.3 Å². The van der Waals surface area contributed by atoms with Crippen molar-refractivity contribution in [2.75, 3.05) is 5.32 Å². The van der Waals surface area contributed by atoms with Gasteiger partial charge in [-0.15, -0.1) is 11.3 Å². The fourth-order valence-electron chi connectivity index (χ4n) is 4.63. The molecule has 0 aliphatic rings. The van der Waals surface area contributed by atoms with Crippen LogP contribution in [0, 0.1) is 5.41 Å². The number of anilines is 1. The summed E-state index contributed by atoms with van der Waals surface area (Å²) in [5.74, 6) is 0. The van der Waals surface area contributed by atoms with Crippen LogP contribution in [0.2, 0.25) is 0 Å². The number of pyridine rings is 3. The lowest BCUT2D eigenvalue weighted by Gasteiger charge is -2.20. The van der Waals surface area contributed by atoms with Crippen LogP contribution in [0.25, 0.3) is 55.0 Å². The van der Waals surface area contributed by atoms with Gasteiger partial charge in [0.05, 0.1) is 23.3 Å². The summed E-state index contributed by atoms with van der Waals surface area (Å²) in [6.45, 7) is 10.8. The normalized spacial score (nSPS) is 11.9. The van der Waals surface area contributed by atoms with Crippen molar-refractivity contribution in [2.45, 2.75) is 27.2 Å². The number of aromatic nitrogens is 6. The van der Waals surface area contributed by atoms with E-state index in [0.717, 1.165) is 62.3 Å². The van der Waals surface area contributed by atoms with Crippen molar-refractivity contribution in [1.82, 2.24) is 30.1 Å². The molecule has 0 aliphatic heterocycles. The van der Waals surface area contributed by atoms with Crippen LogP contribution in [0.3, 0.4) is 0 Å². The Kier molecular flexibility index (Phi) is 5.61. The molecule has 0 aromatic carbocycles. The highest BCUT2D eigenvalue weighted by molar-refractivity contribution is 7.13. The van der Waals surface area contributed by atoms with E-state index in [-0.39, 0.29) is 5.41 Å². The van der Waals surface area contributed by atoms with Crippen LogP contribution in [0.15, 0.2) is 78.8 Å². The van der Waals surface area contributed by atoms with Crippen LogP contribution < -0.4 is 5.32 Å². The first-order valence-corrected chi connectivity index (χ1v) is 13.0. The highest BCUT2D eigenvalue weighted by Gasteiger charge is 2.16. The molecule has 0 saturated carbocycles. The number of hydrogen-bond acceptors (Lipinski definition) is 6. The third-order valence-corrected chi connectivity index (χ3v) is 7.04. The molecule has 6 heterocycles. The number of H-pyrrole nitrogens is 2. The lowest BCUT2D eigenvalue weighted by atomic mass is 9.91. The Morgan fingerprint density at radius 1 is 1.03 bits per heavy atom. The monoisotopic (exact) mass is 505 g/mol. The maximum atomic E-state index is 4.62. The lowest BCUT2D eigenvalue weighted by Crippen LogP contribution is -2.10. The summed E-state index contributed by atoms with van der Waals surface area (Å²) in [7, 11) is 0. The van der Waals surface area contributed by atoms with E-state index in [1.54, 1.807) is 11.3 Å². The largest absolute Gasteiger partial charge is 0.358 e. The molecule has 6 aromatic rings. The molecule has 0 spiro atoms. The summed E-state index contributed by atoms with van der Waals surface area (Å²) in [6, 6.07) is 12.6. The molecule has 0 aliphatic carbocycles. The first-order chi connectivity index (χ1) is 17.8. The zero-order valence-corrected chi connectivity index (χ0v) is 21.8.